The molecule has 0 heterocycles. The number of hydrogen-bond acceptors (Lipinski definition) is 2. The van der Waals surface area contributed by atoms with E-state index in [0.717, 1.165) is 19.3 Å². The van der Waals surface area contributed by atoms with Crippen molar-refractivity contribution in [3.05, 3.63) is 30.3 Å². The van der Waals surface area contributed by atoms with Crippen LogP contribution in [0.25, 0.3) is 0 Å². The molecular formula is C12H17NO2S. The van der Waals surface area contributed by atoms with Crippen LogP contribution in [0.15, 0.2) is 35.2 Å². The second-order valence-corrected chi connectivity index (χ2v) is 6.26. The van der Waals surface area contributed by atoms with Gasteiger partial charge < -0.3 is 0 Å². The molecule has 0 amide bonds. The molecule has 0 aromatic heterocycles. The number of sulfonamides is 1. The summed E-state index contributed by atoms with van der Waals surface area (Å²) in [5.41, 5.74) is 0. The van der Waals surface area contributed by atoms with Crippen LogP contribution in [0.5, 0.6) is 0 Å². The summed E-state index contributed by atoms with van der Waals surface area (Å²) in [6.07, 6.45) is 3.02. The maximum atomic E-state index is 12.0. The van der Waals surface area contributed by atoms with Crippen LogP contribution < -0.4 is 4.72 Å². The van der Waals surface area contributed by atoms with Gasteiger partial charge in [0.25, 0.3) is 0 Å². The zero-order valence-electron chi connectivity index (χ0n) is 9.39. The highest BCUT2D eigenvalue weighted by Crippen LogP contribution is 2.25. The first-order valence-corrected chi connectivity index (χ1v) is 7.13. The van der Waals surface area contributed by atoms with Gasteiger partial charge in [0.05, 0.1) is 4.90 Å². The van der Waals surface area contributed by atoms with Gasteiger partial charge in [0.1, 0.15) is 0 Å². The van der Waals surface area contributed by atoms with Gasteiger partial charge >= 0.3 is 0 Å². The summed E-state index contributed by atoms with van der Waals surface area (Å²) < 4.78 is 26.7. The van der Waals surface area contributed by atoms with Crippen LogP contribution >= 0.6 is 0 Å². The Morgan fingerprint density at radius 3 is 2.44 bits per heavy atom. The van der Waals surface area contributed by atoms with Gasteiger partial charge in [-0.1, -0.05) is 25.1 Å². The molecule has 0 unspecified atom stereocenters. The van der Waals surface area contributed by atoms with Gasteiger partial charge in [0.2, 0.25) is 10.0 Å². The predicted octanol–water partition coefficient (Wildman–Crippen LogP) is 2.15. The fraction of sp³-hybridized carbons (Fsp3) is 0.500. The van der Waals surface area contributed by atoms with E-state index in [1.807, 2.05) is 6.07 Å². The van der Waals surface area contributed by atoms with Crippen LogP contribution in [0.1, 0.15) is 26.2 Å². The lowest BCUT2D eigenvalue weighted by molar-refractivity contribution is 0.538. The van der Waals surface area contributed by atoms with Crippen LogP contribution in [0, 0.1) is 5.92 Å². The van der Waals surface area contributed by atoms with E-state index in [4.69, 9.17) is 0 Å². The minimum atomic E-state index is -3.32. The van der Waals surface area contributed by atoms with Crippen molar-refractivity contribution in [2.45, 2.75) is 37.1 Å². The lowest BCUT2D eigenvalue weighted by Gasteiger charge is -2.12. The van der Waals surface area contributed by atoms with Crippen molar-refractivity contribution in [1.29, 1.82) is 0 Å². The van der Waals surface area contributed by atoms with Gasteiger partial charge in [-0.3, -0.25) is 0 Å². The monoisotopic (exact) mass is 239 g/mol. The lowest BCUT2D eigenvalue weighted by Crippen LogP contribution is -2.32. The molecule has 1 aromatic carbocycles. The maximum Gasteiger partial charge on any atom is 0.240 e. The van der Waals surface area contributed by atoms with E-state index in [1.165, 1.54) is 0 Å². The summed E-state index contributed by atoms with van der Waals surface area (Å²) in [4.78, 5) is 0.356. The Morgan fingerprint density at radius 1 is 1.19 bits per heavy atom. The van der Waals surface area contributed by atoms with E-state index in [0.29, 0.717) is 10.8 Å². The van der Waals surface area contributed by atoms with Crippen LogP contribution in [-0.2, 0) is 10.0 Å². The highest BCUT2D eigenvalue weighted by Gasteiger charge is 2.26. The Labute approximate surface area is 96.9 Å². The third-order valence-corrected chi connectivity index (χ3v) is 4.61. The minimum Gasteiger partial charge on any atom is -0.208 e. The molecule has 1 saturated carbocycles. The standard InChI is InChI=1S/C12H17NO2S/c1-10-7-8-11(9-10)13-16(14,15)12-5-3-2-4-6-12/h2-6,10-11,13H,7-9H2,1H3/t10-,11-/m1/s1. The zero-order valence-corrected chi connectivity index (χ0v) is 10.2. The van der Waals surface area contributed by atoms with Gasteiger partial charge in [-0.2, -0.15) is 0 Å². The second-order valence-electron chi connectivity index (χ2n) is 4.55. The molecule has 0 radical (unpaired) electrons. The number of rotatable bonds is 3. The van der Waals surface area contributed by atoms with Gasteiger partial charge in [0.15, 0.2) is 0 Å². The molecule has 2 rings (SSSR count). The van der Waals surface area contributed by atoms with E-state index in [1.54, 1.807) is 24.3 Å². The molecule has 0 bridgehead atoms. The smallest absolute Gasteiger partial charge is 0.208 e. The summed E-state index contributed by atoms with van der Waals surface area (Å²) in [6.45, 7) is 2.16. The first-order chi connectivity index (χ1) is 7.58. The third-order valence-electron chi connectivity index (χ3n) is 3.07. The Balaban J connectivity index is 2.09. The topological polar surface area (TPSA) is 46.2 Å². The largest absolute Gasteiger partial charge is 0.240 e. The highest BCUT2D eigenvalue weighted by atomic mass is 32.2. The summed E-state index contributed by atoms with van der Waals surface area (Å²) in [7, 11) is -3.32. The first-order valence-electron chi connectivity index (χ1n) is 5.65. The third kappa shape index (κ3) is 2.62. The number of benzene rings is 1. The molecule has 1 fully saturated rings. The molecule has 1 N–H and O–H groups in total. The van der Waals surface area contributed by atoms with E-state index in [-0.39, 0.29) is 6.04 Å². The molecule has 3 nitrogen and oxygen atoms in total. The molecule has 0 aliphatic heterocycles. The first kappa shape index (κ1) is 11.6. The Bertz CT molecular complexity index is 441. The van der Waals surface area contributed by atoms with Gasteiger partial charge in [-0.25, -0.2) is 13.1 Å². The number of hydrogen-bond donors (Lipinski definition) is 1. The molecule has 1 aromatic rings. The lowest BCUT2D eigenvalue weighted by atomic mass is 10.1. The minimum absolute atomic E-state index is 0.111. The molecule has 0 saturated heterocycles. The SMILES string of the molecule is C[C@@H]1CC[C@@H](NS(=O)(=O)c2ccccc2)C1. The number of nitrogens with one attached hydrogen (secondary N) is 1. The Kier molecular flexibility index (Phi) is 3.30. The van der Waals surface area contributed by atoms with Crippen molar-refractivity contribution in [1.82, 2.24) is 4.72 Å². The van der Waals surface area contributed by atoms with Crippen molar-refractivity contribution >= 4 is 10.0 Å². The van der Waals surface area contributed by atoms with E-state index >= 15 is 0 Å². The van der Waals surface area contributed by atoms with Crippen molar-refractivity contribution < 1.29 is 8.42 Å². The van der Waals surface area contributed by atoms with Crippen molar-refractivity contribution in [2.24, 2.45) is 5.92 Å². The zero-order chi connectivity index (χ0) is 11.6. The molecule has 4 heteroatoms. The second kappa shape index (κ2) is 4.55. The predicted molar refractivity (Wildman–Crippen MR) is 63.6 cm³/mol. The van der Waals surface area contributed by atoms with Crippen molar-refractivity contribution in [2.75, 3.05) is 0 Å². The normalized spacial score (nSPS) is 25.8. The summed E-state index contributed by atoms with van der Waals surface area (Å²) in [5, 5.41) is 0. The van der Waals surface area contributed by atoms with Crippen molar-refractivity contribution in [3.63, 3.8) is 0 Å². The Morgan fingerprint density at radius 2 is 1.88 bits per heavy atom. The van der Waals surface area contributed by atoms with E-state index < -0.39 is 10.0 Å². The quantitative estimate of drug-likeness (QED) is 0.878. The molecular weight excluding hydrogens is 222 g/mol. The molecule has 88 valence electrons. The average molecular weight is 239 g/mol. The van der Waals surface area contributed by atoms with Gasteiger partial charge in [-0.05, 0) is 37.3 Å². The molecule has 16 heavy (non-hydrogen) atoms. The summed E-state index contributed by atoms with van der Waals surface area (Å²) in [6, 6.07) is 8.66. The average Bonchev–Trinajstić information content (AvgIpc) is 2.64. The van der Waals surface area contributed by atoms with E-state index in [2.05, 4.69) is 11.6 Å². The summed E-state index contributed by atoms with van der Waals surface area (Å²) in [5.74, 6) is 0.628. The van der Waals surface area contributed by atoms with Crippen LogP contribution in [0.4, 0.5) is 0 Å². The van der Waals surface area contributed by atoms with Crippen molar-refractivity contribution in [3.8, 4) is 0 Å². The van der Waals surface area contributed by atoms with Gasteiger partial charge in [-0.15, -0.1) is 0 Å². The summed E-state index contributed by atoms with van der Waals surface area (Å²) >= 11 is 0. The van der Waals surface area contributed by atoms with Crippen LogP contribution in [0.2, 0.25) is 0 Å². The van der Waals surface area contributed by atoms with Gasteiger partial charge in [0, 0.05) is 6.04 Å². The molecule has 1 aliphatic rings. The molecule has 2 atom stereocenters. The fourth-order valence-electron chi connectivity index (χ4n) is 2.20. The van der Waals surface area contributed by atoms with Crippen LogP contribution in [-0.4, -0.2) is 14.5 Å². The molecule has 0 spiro atoms. The van der Waals surface area contributed by atoms with Crippen LogP contribution in [0.3, 0.4) is 0 Å². The Hall–Kier alpha value is -0.870. The highest BCUT2D eigenvalue weighted by molar-refractivity contribution is 7.89. The van der Waals surface area contributed by atoms with E-state index in [9.17, 15) is 8.42 Å². The maximum absolute atomic E-state index is 12.0. The molecule has 1 aliphatic carbocycles. The fourth-order valence-corrected chi connectivity index (χ4v) is 3.51.